The van der Waals surface area contributed by atoms with Gasteiger partial charge in [-0.25, -0.2) is 0 Å². The van der Waals surface area contributed by atoms with Gasteiger partial charge in [-0.05, 0) is 66.6 Å². The SMILES string of the molecule is Cc1ccccc1/C=C/C(=O)c1ccc(N2C(=O)[C@@H]3[C@H](C2=O)[C@@H]2C=C[C@H]3C2)cc1. The molecule has 0 spiro atoms. The number of benzene rings is 2. The molecule has 2 bridgehead atoms. The molecule has 5 rings (SSSR count). The Kier molecular flexibility index (Phi) is 4.09. The molecule has 0 radical (unpaired) electrons. The second-order valence-corrected chi connectivity index (χ2v) is 8.11. The molecule has 2 amide bonds. The highest BCUT2D eigenvalue weighted by molar-refractivity contribution is 6.23. The maximum Gasteiger partial charge on any atom is 0.238 e. The monoisotopic (exact) mass is 383 g/mol. The molecule has 4 atom stereocenters. The lowest BCUT2D eigenvalue weighted by Crippen LogP contribution is -2.32. The van der Waals surface area contributed by atoms with Crippen molar-refractivity contribution in [3.8, 4) is 0 Å². The molecular formula is C25H21NO3. The van der Waals surface area contributed by atoms with Crippen LogP contribution < -0.4 is 4.90 Å². The van der Waals surface area contributed by atoms with Crippen LogP contribution in [0.25, 0.3) is 6.08 Å². The quantitative estimate of drug-likeness (QED) is 0.344. The Balaban J connectivity index is 1.34. The Labute approximate surface area is 169 Å². The fourth-order valence-electron chi connectivity index (χ4n) is 4.97. The van der Waals surface area contributed by atoms with E-state index >= 15 is 0 Å². The smallest absolute Gasteiger partial charge is 0.238 e. The Morgan fingerprint density at radius 2 is 1.55 bits per heavy atom. The molecule has 4 heteroatoms. The Morgan fingerprint density at radius 1 is 0.931 bits per heavy atom. The molecular weight excluding hydrogens is 362 g/mol. The first-order valence-corrected chi connectivity index (χ1v) is 9.99. The van der Waals surface area contributed by atoms with Gasteiger partial charge in [0.25, 0.3) is 0 Å². The summed E-state index contributed by atoms with van der Waals surface area (Å²) >= 11 is 0. The van der Waals surface area contributed by atoms with E-state index in [9.17, 15) is 14.4 Å². The minimum Gasteiger partial charge on any atom is -0.289 e. The summed E-state index contributed by atoms with van der Waals surface area (Å²) in [5.74, 6) is -0.354. The highest BCUT2D eigenvalue weighted by Gasteiger charge is 2.59. The Hall–Kier alpha value is -3.27. The zero-order chi connectivity index (χ0) is 20.1. The van der Waals surface area contributed by atoms with Gasteiger partial charge < -0.3 is 0 Å². The summed E-state index contributed by atoms with van der Waals surface area (Å²) in [6.45, 7) is 2.00. The van der Waals surface area contributed by atoms with E-state index in [0.717, 1.165) is 17.5 Å². The second kappa shape index (κ2) is 6.66. The summed E-state index contributed by atoms with van der Waals surface area (Å²) in [5.41, 5.74) is 3.18. The number of carbonyl (C=O) groups excluding carboxylic acids is 3. The predicted octanol–water partition coefficient (Wildman–Crippen LogP) is 4.20. The predicted molar refractivity (Wildman–Crippen MR) is 111 cm³/mol. The third kappa shape index (κ3) is 2.79. The van der Waals surface area contributed by atoms with Crippen molar-refractivity contribution in [2.24, 2.45) is 23.7 Å². The van der Waals surface area contributed by atoms with Crippen LogP contribution in [0.3, 0.4) is 0 Å². The van der Waals surface area contributed by atoms with Gasteiger partial charge in [-0.2, -0.15) is 0 Å². The molecule has 0 unspecified atom stereocenters. The van der Waals surface area contributed by atoms with E-state index < -0.39 is 0 Å². The van der Waals surface area contributed by atoms with Crippen LogP contribution in [0, 0.1) is 30.6 Å². The second-order valence-electron chi connectivity index (χ2n) is 8.11. The van der Waals surface area contributed by atoms with Crippen molar-refractivity contribution in [3.05, 3.63) is 83.4 Å². The zero-order valence-electron chi connectivity index (χ0n) is 16.1. The molecule has 3 aliphatic rings. The minimum absolute atomic E-state index is 0.102. The number of hydrogen-bond donors (Lipinski definition) is 0. The normalized spacial score (nSPS) is 27.3. The first-order chi connectivity index (χ1) is 14.0. The lowest BCUT2D eigenvalue weighted by atomic mass is 9.85. The number of rotatable bonds is 4. The van der Waals surface area contributed by atoms with E-state index in [2.05, 4.69) is 12.2 Å². The van der Waals surface area contributed by atoms with Crippen molar-refractivity contribution < 1.29 is 14.4 Å². The molecule has 1 saturated carbocycles. The summed E-state index contributed by atoms with van der Waals surface area (Å²) in [6.07, 6.45) is 8.45. The first kappa shape index (κ1) is 17.8. The molecule has 4 nitrogen and oxygen atoms in total. The van der Waals surface area contributed by atoms with Gasteiger partial charge in [0.2, 0.25) is 11.8 Å². The number of aryl methyl sites for hydroxylation is 1. The number of imide groups is 1. The fraction of sp³-hybridized carbons (Fsp3) is 0.240. The number of carbonyl (C=O) groups is 3. The number of anilines is 1. The first-order valence-electron chi connectivity index (χ1n) is 9.99. The van der Waals surface area contributed by atoms with Crippen LogP contribution in [0.4, 0.5) is 5.69 Å². The number of ketones is 1. The van der Waals surface area contributed by atoms with E-state index in [-0.39, 0.29) is 41.3 Å². The maximum atomic E-state index is 12.9. The summed E-state index contributed by atoms with van der Waals surface area (Å²) in [7, 11) is 0. The van der Waals surface area contributed by atoms with Crippen LogP contribution in [-0.4, -0.2) is 17.6 Å². The van der Waals surface area contributed by atoms with Gasteiger partial charge in [0, 0.05) is 5.56 Å². The van der Waals surface area contributed by atoms with E-state index in [1.54, 1.807) is 30.3 Å². The highest BCUT2D eigenvalue weighted by atomic mass is 16.2. The van der Waals surface area contributed by atoms with Crippen LogP contribution in [0.15, 0.2) is 66.8 Å². The van der Waals surface area contributed by atoms with Gasteiger partial charge in [0.15, 0.2) is 5.78 Å². The molecule has 2 fully saturated rings. The molecule has 2 aromatic rings. The van der Waals surface area contributed by atoms with Crippen molar-refractivity contribution in [3.63, 3.8) is 0 Å². The summed E-state index contributed by atoms with van der Waals surface area (Å²) < 4.78 is 0. The number of allylic oxidation sites excluding steroid dienone is 3. The van der Waals surface area contributed by atoms with E-state index in [0.29, 0.717) is 11.3 Å². The van der Waals surface area contributed by atoms with Crippen LogP contribution >= 0.6 is 0 Å². The van der Waals surface area contributed by atoms with Gasteiger partial charge in [0.05, 0.1) is 17.5 Å². The van der Waals surface area contributed by atoms with Crippen molar-refractivity contribution in [2.45, 2.75) is 13.3 Å². The molecule has 29 heavy (non-hydrogen) atoms. The summed E-state index contributed by atoms with van der Waals surface area (Å²) in [4.78, 5) is 39.6. The van der Waals surface area contributed by atoms with Crippen LogP contribution in [-0.2, 0) is 9.59 Å². The zero-order valence-corrected chi connectivity index (χ0v) is 16.1. The average Bonchev–Trinajstić information content (AvgIpc) is 3.41. The van der Waals surface area contributed by atoms with Gasteiger partial charge in [0.1, 0.15) is 0 Å². The average molecular weight is 383 g/mol. The highest BCUT2D eigenvalue weighted by Crippen LogP contribution is 2.53. The van der Waals surface area contributed by atoms with Gasteiger partial charge in [-0.15, -0.1) is 0 Å². The van der Waals surface area contributed by atoms with Crippen LogP contribution in [0.1, 0.15) is 27.9 Å². The van der Waals surface area contributed by atoms with E-state index in [1.807, 2.05) is 37.3 Å². The summed E-state index contributed by atoms with van der Waals surface area (Å²) in [6, 6.07) is 14.6. The molecule has 0 N–H and O–H groups in total. The number of amides is 2. The Morgan fingerprint density at radius 3 is 2.17 bits per heavy atom. The van der Waals surface area contributed by atoms with Crippen molar-refractivity contribution in [2.75, 3.05) is 4.90 Å². The Bertz CT molecular complexity index is 1050. The van der Waals surface area contributed by atoms with E-state index in [4.69, 9.17) is 0 Å². The summed E-state index contributed by atoms with van der Waals surface area (Å²) in [5, 5.41) is 0. The van der Waals surface area contributed by atoms with Crippen LogP contribution in [0.2, 0.25) is 0 Å². The molecule has 1 aliphatic heterocycles. The van der Waals surface area contributed by atoms with Crippen molar-refractivity contribution >= 4 is 29.4 Å². The van der Waals surface area contributed by atoms with Crippen molar-refractivity contribution in [1.29, 1.82) is 0 Å². The lowest BCUT2D eigenvalue weighted by Gasteiger charge is -2.17. The molecule has 1 saturated heterocycles. The number of nitrogens with zero attached hydrogens (tertiary/aromatic N) is 1. The largest absolute Gasteiger partial charge is 0.289 e. The molecule has 2 aliphatic carbocycles. The number of hydrogen-bond acceptors (Lipinski definition) is 3. The molecule has 144 valence electrons. The standard InChI is InChI=1S/C25H21NO3/c1-15-4-2-3-5-16(15)10-13-21(27)17-8-11-20(12-9-17)26-24(28)22-18-6-7-19(14-18)23(22)25(26)29/h2-13,18-19,22-23H,14H2,1H3/b13-10+/t18-,19+,22-,23+. The topological polar surface area (TPSA) is 54.5 Å². The minimum atomic E-state index is -0.212. The van der Waals surface area contributed by atoms with Crippen molar-refractivity contribution in [1.82, 2.24) is 0 Å². The molecule has 0 aromatic heterocycles. The third-order valence-electron chi connectivity index (χ3n) is 6.48. The maximum absolute atomic E-state index is 12.9. The third-order valence-corrected chi connectivity index (χ3v) is 6.48. The molecule has 1 heterocycles. The molecule has 2 aromatic carbocycles. The van der Waals surface area contributed by atoms with Gasteiger partial charge in [-0.3, -0.25) is 19.3 Å². The van der Waals surface area contributed by atoms with Gasteiger partial charge in [-0.1, -0.05) is 42.5 Å². The van der Waals surface area contributed by atoms with E-state index in [1.165, 1.54) is 4.90 Å². The van der Waals surface area contributed by atoms with Gasteiger partial charge >= 0.3 is 0 Å². The fourth-order valence-corrected chi connectivity index (χ4v) is 4.97. The number of fused-ring (bicyclic) bond motifs is 5. The lowest BCUT2D eigenvalue weighted by molar-refractivity contribution is -0.123. The van der Waals surface area contributed by atoms with Crippen LogP contribution in [0.5, 0.6) is 0 Å².